The number of hydrogen-bond donors (Lipinski definition) is 2. The number of nitrogens with one attached hydrogen (secondary N) is 1. The number of hydrogen-bond acceptors (Lipinski definition) is 6. The van der Waals surface area contributed by atoms with Crippen LogP contribution in [-0.4, -0.2) is 71.6 Å². The van der Waals surface area contributed by atoms with Crippen LogP contribution >= 0.6 is 11.6 Å². The lowest BCUT2D eigenvalue weighted by molar-refractivity contribution is -0.124. The van der Waals surface area contributed by atoms with Crippen LogP contribution in [0.25, 0.3) is 10.8 Å². The van der Waals surface area contributed by atoms with Crippen molar-refractivity contribution in [3.63, 3.8) is 0 Å². The van der Waals surface area contributed by atoms with Gasteiger partial charge in [-0.2, -0.15) is 0 Å². The quantitative estimate of drug-likeness (QED) is 0.729. The van der Waals surface area contributed by atoms with Gasteiger partial charge in [0.2, 0.25) is 0 Å². The Labute approximate surface area is 193 Å². The summed E-state index contributed by atoms with van der Waals surface area (Å²) in [6.07, 6.45) is 4.53. The molecule has 1 amide bonds. The van der Waals surface area contributed by atoms with Crippen molar-refractivity contribution in [3.8, 4) is 0 Å². The Morgan fingerprint density at radius 3 is 2.75 bits per heavy atom. The van der Waals surface area contributed by atoms with Gasteiger partial charge in [0.25, 0.3) is 5.91 Å². The van der Waals surface area contributed by atoms with E-state index in [0.29, 0.717) is 31.6 Å². The number of piperidine rings is 1. The number of pyridine rings is 1. The first-order valence-electron chi connectivity index (χ1n) is 11.5. The number of carbonyl (C=O) groups is 1. The summed E-state index contributed by atoms with van der Waals surface area (Å²) in [6, 6.07) is 6.01. The number of fused-ring (bicyclic) bond motifs is 1. The van der Waals surface area contributed by atoms with Crippen molar-refractivity contribution in [1.82, 2.24) is 9.88 Å². The fourth-order valence-corrected chi connectivity index (χ4v) is 5.54. The maximum atomic E-state index is 12.4. The zero-order valence-corrected chi connectivity index (χ0v) is 19.1. The highest BCUT2D eigenvalue weighted by Gasteiger charge is 2.45. The van der Waals surface area contributed by atoms with Crippen LogP contribution in [-0.2, 0) is 14.3 Å². The summed E-state index contributed by atoms with van der Waals surface area (Å²) >= 11 is 6.67. The van der Waals surface area contributed by atoms with E-state index in [4.69, 9.17) is 21.1 Å². The van der Waals surface area contributed by atoms with Gasteiger partial charge < -0.3 is 19.9 Å². The monoisotopic (exact) mass is 459 g/mol. The van der Waals surface area contributed by atoms with Gasteiger partial charge in [0.15, 0.2) is 0 Å². The van der Waals surface area contributed by atoms with Crippen LogP contribution in [0, 0.1) is 0 Å². The van der Waals surface area contributed by atoms with E-state index in [-0.39, 0.29) is 17.6 Å². The zero-order valence-electron chi connectivity index (χ0n) is 18.3. The molecule has 32 heavy (non-hydrogen) atoms. The third-order valence-electron chi connectivity index (χ3n) is 7.36. The van der Waals surface area contributed by atoms with Crippen molar-refractivity contribution >= 4 is 34.1 Å². The molecule has 0 saturated carbocycles. The highest BCUT2D eigenvalue weighted by atomic mass is 35.5. The summed E-state index contributed by atoms with van der Waals surface area (Å²) in [5.74, 6) is 0.746. The van der Waals surface area contributed by atoms with Crippen molar-refractivity contribution < 1.29 is 19.4 Å². The number of ether oxygens (including phenoxy) is 2. The maximum absolute atomic E-state index is 12.4. The van der Waals surface area contributed by atoms with Crippen LogP contribution in [0.5, 0.6) is 0 Å². The van der Waals surface area contributed by atoms with Crippen molar-refractivity contribution in [2.24, 2.45) is 0 Å². The van der Waals surface area contributed by atoms with E-state index < -0.39 is 6.10 Å². The average molecular weight is 460 g/mol. The molecule has 3 aliphatic heterocycles. The molecule has 3 saturated heterocycles. The topological polar surface area (TPSA) is 83.9 Å². The molecule has 2 aromatic rings. The fraction of sp³-hybridized carbons (Fsp3) is 0.583. The second-order valence-corrected chi connectivity index (χ2v) is 9.84. The number of halogens is 1. The predicted octanol–water partition coefficient (Wildman–Crippen LogP) is 3.33. The van der Waals surface area contributed by atoms with Gasteiger partial charge in [0.05, 0.1) is 24.9 Å². The number of benzene rings is 1. The number of aliphatic hydroxyl groups is 1. The van der Waals surface area contributed by atoms with E-state index in [9.17, 15) is 9.90 Å². The lowest BCUT2D eigenvalue weighted by atomic mass is 9.85. The number of amides is 1. The van der Waals surface area contributed by atoms with Gasteiger partial charge in [0.1, 0.15) is 11.9 Å². The summed E-state index contributed by atoms with van der Waals surface area (Å²) < 4.78 is 11.0. The van der Waals surface area contributed by atoms with Gasteiger partial charge in [-0.05, 0) is 80.8 Å². The van der Waals surface area contributed by atoms with Gasteiger partial charge >= 0.3 is 0 Å². The minimum Gasteiger partial charge on any atom is -0.389 e. The highest BCUT2D eigenvalue weighted by Crippen LogP contribution is 2.38. The molecule has 0 spiro atoms. The van der Waals surface area contributed by atoms with Crippen molar-refractivity contribution in [2.45, 2.75) is 56.3 Å². The minimum atomic E-state index is -0.445. The Kier molecular flexibility index (Phi) is 6.11. The summed E-state index contributed by atoms with van der Waals surface area (Å²) in [5, 5.41) is 16.0. The minimum absolute atomic E-state index is 0.137. The number of aromatic nitrogens is 1. The van der Waals surface area contributed by atoms with E-state index in [1.807, 2.05) is 12.1 Å². The SMILES string of the molecule is CC1(N2CCC(c3cc4cc(NC(=O)C5CCCO5)ncc4cc3Cl)CC2)COCC1O. The van der Waals surface area contributed by atoms with E-state index in [0.717, 1.165) is 60.1 Å². The largest absolute Gasteiger partial charge is 0.389 e. The van der Waals surface area contributed by atoms with Gasteiger partial charge in [-0.15, -0.1) is 0 Å². The molecular formula is C24H30ClN3O4. The number of anilines is 1. The molecule has 3 fully saturated rings. The maximum Gasteiger partial charge on any atom is 0.254 e. The molecule has 3 atom stereocenters. The van der Waals surface area contributed by atoms with E-state index in [1.165, 1.54) is 0 Å². The lowest BCUT2D eigenvalue weighted by Gasteiger charge is -2.43. The summed E-state index contributed by atoms with van der Waals surface area (Å²) in [6.45, 7) is 5.50. The van der Waals surface area contributed by atoms with Crippen LogP contribution in [0.3, 0.4) is 0 Å². The molecule has 8 heteroatoms. The van der Waals surface area contributed by atoms with Crippen molar-refractivity contribution in [3.05, 3.63) is 35.0 Å². The third-order valence-corrected chi connectivity index (χ3v) is 7.68. The van der Waals surface area contributed by atoms with Crippen LogP contribution in [0.15, 0.2) is 24.4 Å². The molecule has 0 radical (unpaired) electrons. The van der Waals surface area contributed by atoms with Gasteiger partial charge in [-0.25, -0.2) is 4.98 Å². The van der Waals surface area contributed by atoms with Gasteiger partial charge in [-0.3, -0.25) is 9.69 Å². The first-order chi connectivity index (χ1) is 15.4. The summed E-state index contributed by atoms with van der Waals surface area (Å²) in [4.78, 5) is 19.1. The third kappa shape index (κ3) is 4.13. The Balaban J connectivity index is 1.31. The molecule has 5 rings (SSSR count). The van der Waals surface area contributed by atoms with Crippen LogP contribution in [0.1, 0.15) is 44.1 Å². The lowest BCUT2D eigenvalue weighted by Crippen LogP contribution is -2.56. The first kappa shape index (κ1) is 22.0. The molecule has 0 bridgehead atoms. The molecule has 2 N–H and O–H groups in total. The van der Waals surface area contributed by atoms with Crippen molar-refractivity contribution in [1.29, 1.82) is 0 Å². The second kappa shape index (κ2) is 8.88. The normalized spacial score (nSPS) is 29.6. The molecule has 3 unspecified atom stereocenters. The predicted molar refractivity (Wildman–Crippen MR) is 123 cm³/mol. The molecule has 1 aromatic carbocycles. The number of rotatable bonds is 4. The van der Waals surface area contributed by atoms with E-state index in [2.05, 4.69) is 28.2 Å². The molecule has 0 aliphatic carbocycles. The Morgan fingerprint density at radius 2 is 2.06 bits per heavy atom. The standard InChI is InChI=1S/C24H30ClN3O4/c1-24(14-31-13-21(24)29)28-6-4-15(5-7-28)18-9-16-11-22(26-12-17(16)10-19(18)25)27-23(30)20-3-2-8-32-20/h9-12,15,20-21,29H,2-8,13-14H2,1H3,(H,26,27,30). The first-order valence-corrected chi connectivity index (χ1v) is 11.8. The molecule has 172 valence electrons. The van der Waals surface area contributed by atoms with Gasteiger partial charge in [-0.1, -0.05) is 11.6 Å². The molecule has 7 nitrogen and oxygen atoms in total. The molecule has 1 aromatic heterocycles. The second-order valence-electron chi connectivity index (χ2n) is 9.43. The van der Waals surface area contributed by atoms with Crippen LogP contribution < -0.4 is 5.32 Å². The van der Waals surface area contributed by atoms with Crippen molar-refractivity contribution in [2.75, 3.05) is 38.2 Å². The number of nitrogens with zero attached hydrogens (tertiary/aromatic N) is 2. The average Bonchev–Trinajstić information content (AvgIpc) is 3.45. The Morgan fingerprint density at radius 1 is 1.25 bits per heavy atom. The summed E-state index contributed by atoms with van der Waals surface area (Å²) in [7, 11) is 0. The van der Waals surface area contributed by atoms with E-state index >= 15 is 0 Å². The zero-order chi connectivity index (χ0) is 22.3. The molecule has 3 aliphatic rings. The van der Waals surface area contributed by atoms with Gasteiger partial charge in [0, 0.05) is 23.2 Å². The summed E-state index contributed by atoms with van der Waals surface area (Å²) in [5.41, 5.74) is 0.828. The Hall–Kier alpha value is -1.77. The smallest absolute Gasteiger partial charge is 0.254 e. The number of likely N-dealkylation sites (tertiary alicyclic amines) is 1. The molecular weight excluding hydrogens is 430 g/mol. The number of carbonyl (C=O) groups excluding carboxylic acids is 1. The van der Waals surface area contributed by atoms with E-state index in [1.54, 1.807) is 6.20 Å². The van der Waals surface area contributed by atoms with Crippen LogP contribution in [0.4, 0.5) is 5.82 Å². The van der Waals surface area contributed by atoms with Crippen LogP contribution in [0.2, 0.25) is 5.02 Å². The Bertz CT molecular complexity index is 1000. The fourth-order valence-electron chi connectivity index (χ4n) is 5.21. The highest BCUT2D eigenvalue weighted by molar-refractivity contribution is 6.32. The molecule has 4 heterocycles. The number of aliphatic hydroxyl groups excluding tert-OH is 1.